The van der Waals surface area contributed by atoms with Gasteiger partial charge in [-0.05, 0) is 102 Å². The Morgan fingerprint density at radius 1 is 1.02 bits per heavy atom. The maximum absolute atomic E-state index is 13.5. The smallest absolute Gasteiger partial charge is 0.260 e. The van der Waals surface area contributed by atoms with Crippen molar-refractivity contribution in [3.63, 3.8) is 0 Å². The Bertz CT molecular complexity index is 1540. The zero-order valence-electron chi connectivity index (χ0n) is 23.7. The number of anilines is 1. The molecule has 1 saturated carbocycles. The molecule has 1 aliphatic heterocycles. The number of carbonyl (C=O) groups is 1. The standard InChI is InChI=1S/C34H33Cl2F3N2O2/c35-23-7-11-28(31(36)18-23)29-4-1-3-22-17-24(40-33(42)30-19-34(30,38)39)8-12-27(22)32(29)21-5-9-25(10-6-21)43-26-13-16-41(20-26)15-2-14-37/h5-12,17-18,26,30H,1-4,13-16,19-20H2,(H,40,42)/t26-,30?/m0/s1. The summed E-state index contributed by atoms with van der Waals surface area (Å²) in [7, 11) is 0. The average molecular weight is 630 g/mol. The van der Waals surface area contributed by atoms with Crippen molar-refractivity contribution in [3.05, 3.63) is 93.0 Å². The zero-order valence-corrected chi connectivity index (χ0v) is 25.2. The number of allylic oxidation sites excluding steroid dienone is 1. The molecule has 0 bridgehead atoms. The highest BCUT2D eigenvalue weighted by atomic mass is 35.5. The number of carbonyl (C=O) groups excluding carboxylic acids is 1. The van der Waals surface area contributed by atoms with Gasteiger partial charge in [-0.2, -0.15) is 0 Å². The molecule has 1 saturated heterocycles. The quantitative estimate of drug-likeness (QED) is 0.258. The van der Waals surface area contributed by atoms with E-state index in [9.17, 15) is 18.0 Å². The Morgan fingerprint density at radius 2 is 1.79 bits per heavy atom. The third-order valence-electron chi connectivity index (χ3n) is 8.50. The number of halogens is 5. The van der Waals surface area contributed by atoms with E-state index in [0.29, 0.717) is 22.2 Å². The van der Waals surface area contributed by atoms with Crippen LogP contribution < -0.4 is 10.1 Å². The summed E-state index contributed by atoms with van der Waals surface area (Å²) >= 11 is 13.0. The molecule has 1 amide bonds. The maximum Gasteiger partial charge on any atom is 0.260 e. The number of alkyl halides is 3. The summed E-state index contributed by atoms with van der Waals surface area (Å²) in [5.41, 5.74) is 6.54. The average Bonchev–Trinajstić information content (AvgIpc) is 3.48. The van der Waals surface area contributed by atoms with Crippen LogP contribution in [0.4, 0.5) is 18.9 Å². The van der Waals surface area contributed by atoms with Gasteiger partial charge < -0.3 is 10.1 Å². The Hall–Kier alpha value is -3.00. The van der Waals surface area contributed by atoms with Crippen LogP contribution in [0.2, 0.25) is 10.0 Å². The number of nitrogens with zero attached hydrogens (tertiary/aromatic N) is 1. The van der Waals surface area contributed by atoms with Crippen molar-refractivity contribution in [1.82, 2.24) is 4.90 Å². The van der Waals surface area contributed by atoms with Crippen LogP contribution in [0.5, 0.6) is 5.75 Å². The summed E-state index contributed by atoms with van der Waals surface area (Å²) in [6.07, 6.45) is 3.46. The first kappa shape index (κ1) is 30.0. The third-order valence-corrected chi connectivity index (χ3v) is 9.05. The lowest BCUT2D eigenvalue weighted by Crippen LogP contribution is -2.26. The van der Waals surface area contributed by atoms with Gasteiger partial charge in [-0.15, -0.1) is 0 Å². The Kier molecular flexibility index (Phi) is 8.77. The SMILES string of the molecule is O=C(Nc1ccc2c(c1)CCCC(c1ccc(Cl)cc1Cl)=C2c1ccc(O[C@H]2CCN(CCCF)C2)cc1)C1CC1(F)F. The fourth-order valence-electron chi connectivity index (χ4n) is 6.20. The minimum Gasteiger partial charge on any atom is -0.489 e. The molecule has 3 aliphatic rings. The van der Waals surface area contributed by atoms with E-state index in [1.807, 2.05) is 48.5 Å². The van der Waals surface area contributed by atoms with Crippen molar-refractivity contribution in [3.8, 4) is 5.75 Å². The molecule has 2 fully saturated rings. The second-order valence-electron chi connectivity index (χ2n) is 11.6. The van der Waals surface area contributed by atoms with Crippen LogP contribution in [0.25, 0.3) is 11.1 Å². The zero-order chi connectivity index (χ0) is 30.1. The van der Waals surface area contributed by atoms with Crippen LogP contribution in [0.3, 0.4) is 0 Å². The van der Waals surface area contributed by atoms with Gasteiger partial charge in [-0.1, -0.05) is 47.5 Å². The number of likely N-dealkylation sites (tertiary alicyclic amines) is 1. The first-order valence-corrected chi connectivity index (χ1v) is 15.5. The molecular weight excluding hydrogens is 596 g/mol. The highest BCUT2D eigenvalue weighted by Gasteiger charge is 2.61. The van der Waals surface area contributed by atoms with Gasteiger partial charge in [0.05, 0.1) is 6.67 Å². The van der Waals surface area contributed by atoms with Gasteiger partial charge in [0, 0.05) is 41.8 Å². The van der Waals surface area contributed by atoms with E-state index in [1.165, 1.54) is 0 Å². The van der Waals surface area contributed by atoms with E-state index in [0.717, 1.165) is 84.5 Å². The molecule has 226 valence electrons. The summed E-state index contributed by atoms with van der Waals surface area (Å²) in [6.45, 7) is 2.14. The fourth-order valence-corrected chi connectivity index (χ4v) is 6.72. The largest absolute Gasteiger partial charge is 0.489 e. The molecule has 9 heteroatoms. The molecule has 1 unspecified atom stereocenters. The second-order valence-corrected chi connectivity index (χ2v) is 12.4. The summed E-state index contributed by atoms with van der Waals surface area (Å²) < 4.78 is 45.8. The summed E-state index contributed by atoms with van der Waals surface area (Å²) in [4.78, 5) is 14.6. The number of amides is 1. The van der Waals surface area contributed by atoms with E-state index in [2.05, 4.69) is 10.2 Å². The van der Waals surface area contributed by atoms with Crippen molar-refractivity contribution < 1.29 is 22.7 Å². The lowest BCUT2D eigenvalue weighted by molar-refractivity contribution is -0.119. The Balaban J connectivity index is 1.32. The van der Waals surface area contributed by atoms with Crippen molar-refractivity contribution in [2.45, 2.75) is 50.6 Å². The summed E-state index contributed by atoms with van der Waals surface area (Å²) in [5, 5.41) is 3.81. The van der Waals surface area contributed by atoms with E-state index in [4.69, 9.17) is 27.9 Å². The van der Waals surface area contributed by atoms with Crippen LogP contribution in [0.1, 0.15) is 54.4 Å². The highest BCUT2D eigenvalue weighted by molar-refractivity contribution is 6.36. The maximum atomic E-state index is 13.5. The van der Waals surface area contributed by atoms with Gasteiger partial charge in [0.2, 0.25) is 5.91 Å². The van der Waals surface area contributed by atoms with E-state index >= 15 is 0 Å². The normalized spacial score (nSPS) is 21.3. The molecule has 2 atom stereocenters. The number of ether oxygens (including phenoxy) is 1. The van der Waals surface area contributed by atoms with Gasteiger partial charge in [0.25, 0.3) is 5.92 Å². The number of nitrogens with one attached hydrogen (secondary N) is 1. The molecule has 3 aromatic rings. The Labute approximate surface area is 259 Å². The topological polar surface area (TPSA) is 41.6 Å². The van der Waals surface area contributed by atoms with Crippen LogP contribution in [-0.2, 0) is 11.2 Å². The minimum absolute atomic E-state index is 0.0657. The van der Waals surface area contributed by atoms with Crippen LogP contribution in [-0.4, -0.2) is 49.1 Å². The van der Waals surface area contributed by atoms with Crippen LogP contribution >= 0.6 is 23.2 Å². The van der Waals surface area contributed by atoms with Gasteiger partial charge in [0.1, 0.15) is 17.8 Å². The molecule has 2 aliphatic carbocycles. The second kappa shape index (κ2) is 12.5. The third kappa shape index (κ3) is 6.74. The lowest BCUT2D eigenvalue weighted by atomic mass is 9.87. The summed E-state index contributed by atoms with van der Waals surface area (Å²) in [6, 6.07) is 19.2. The molecule has 3 aromatic carbocycles. The summed E-state index contributed by atoms with van der Waals surface area (Å²) in [5.74, 6) is -4.05. The molecule has 0 aromatic heterocycles. The predicted molar refractivity (Wildman–Crippen MR) is 166 cm³/mol. The molecule has 4 nitrogen and oxygen atoms in total. The Morgan fingerprint density at radius 3 is 2.51 bits per heavy atom. The molecule has 43 heavy (non-hydrogen) atoms. The lowest BCUT2D eigenvalue weighted by Gasteiger charge is -2.19. The molecule has 1 N–H and O–H groups in total. The fraction of sp³-hybridized carbons (Fsp3) is 0.382. The molecule has 1 heterocycles. The van der Waals surface area contributed by atoms with E-state index in [-0.39, 0.29) is 12.8 Å². The van der Waals surface area contributed by atoms with Crippen molar-refractivity contribution in [1.29, 1.82) is 0 Å². The van der Waals surface area contributed by atoms with Crippen LogP contribution in [0, 0.1) is 5.92 Å². The molecule has 0 radical (unpaired) electrons. The number of hydrogen-bond donors (Lipinski definition) is 1. The minimum atomic E-state index is -2.92. The van der Waals surface area contributed by atoms with Crippen molar-refractivity contribution in [2.24, 2.45) is 5.92 Å². The van der Waals surface area contributed by atoms with Gasteiger partial charge in [-0.25, -0.2) is 8.78 Å². The number of fused-ring (bicyclic) bond motifs is 1. The number of benzene rings is 3. The van der Waals surface area contributed by atoms with Gasteiger partial charge in [-0.3, -0.25) is 14.1 Å². The van der Waals surface area contributed by atoms with Crippen molar-refractivity contribution in [2.75, 3.05) is 31.6 Å². The van der Waals surface area contributed by atoms with E-state index < -0.39 is 24.2 Å². The number of hydrogen-bond acceptors (Lipinski definition) is 3. The molecule has 6 rings (SSSR count). The van der Waals surface area contributed by atoms with Gasteiger partial charge in [0.15, 0.2) is 0 Å². The number of aryl methyl sites for hydroxylation is 1. The van der Waals surface area contributed by atoms with E-state index in [1.54, 1.807) is 12.1 Å². The number of rotatable bonds is 9. The van der Waals surface area contributed by atoms with Crippen molar-refractivity contribution >= 4 is 45.9 Å². The predicted octanol–water partition coefficient (Wildman–Crippen LogP) is 8.70. The first-order chi connectivity index (χ1) is 20.7. The molecule has 0 spiro atoms. The van der Waals surface area contributed by atoms with Gasteiger partial charge >= 0.3 is 0 Å². The van der Waals surface area contributed by atoms with Crippen LogP contribution in [0.15, 0.2) is 60.7 Å². The molecular formula is C34H33Cl2F3N2O2. The first-order valence-electron chi connectivity index (χ1n) is 14.8. The monoisotopic (exact) mass is 628 g/mol. The highest BCUT2D eigenvalue weighted by Crippen LogP contribution is 2.49.